The smallest absolute Gasteiger partial charge is 0.146 e. The van der Waals surface area contributed by atoms with Crippen molar-refractivity contribution in [2.24, 2.45) is 0 Å². The number of benzene rings is 2. The lowest BCUT2D eigenvalue weighted by atomic mass is 10.2. The third-order valence-electron chi connectivity index (χ3n) is 2.70. The summed E-state index contributed by atoms with van der Waals surface area (Å²) in [5.41, 5.74) is 1.62. The van der Waals surface area contributed by atoms with Gasteiger partial charge in [-0.15, -0.1) is 11.6 Å². The van der Waals surface area contributed by atoms with Crippen molar-refractivity contribution in [2.75, 3.05) is 11.9 Å². The van der Waals surface area contributed by atoms with Gasteiger partial charge in [0.2, 0.25) is 0 Å². The predicted molar refractivity (Wildman–Crippen MR) is 70.4 cm³/mol. The molecular weight excluding hydrogens is 256 g/mol. The van der Waals surface area contributed by atoms with Crippen molar-refractivity contribution in [1.29, 1.82) is 0 Å². The Morgan fingerprint density at radius 3 is 2.50 bits per heavy atom. The van der Waals surface area contributed by atoms with Gasteiger partial charge in [-0.3, -0.25) is 0 Å². The van der Waals surface area contributed by atoms with Crippen LogP contribution in [0.5, 0.6) is 0 Å². The highest BCUT2D eigenvalue weighted by Gasteiger charge is 2.10. The molecule has 0 aliphatic carbocycles. The zero-order valence-corrected chi connectivity index (χ0v) is 10.6. The predicted octanol–water partition coefficient (Wildman–Crippen LogP) is 4.47. The molecule has 18 heavy (non-hydrogen) atoms. The Balaban J connectivity index is 2.43. The maximum absolute atomic E-state index is 13.6. The fraction of sp³-hybridized carbons (Fsp3) is 0.143. The largest absolute Gasteiger partial charge is 0.342 e. The van der Waals surface area contributed by atoms with E-state index in [1.807, 2.05) is 0 Å². The molecule has 94 valence electrons. The van der Waals surface area contributed by atoms with Gasteiger partial charge < -0.3 is 4.90 Å². The van der Waals surface area contributed by atoms with Gasteiger partial charge in [-0.05, 0) is 35.9 Å². The van der Waals surface area contributed by atoms with Crippen LogP contribution >= 0.6 is 11.6 Å². The normalized spacial score (nSPS) is 10.4. The van der Waals surface area contributed by atoms with Crippen molar-refractivity contribution in [3.05, 3.63) is 59.7 Å². The summed E-state index contributed by atoms with van der Waals surface area (Å²) in [5.74, 6) is -0.515. The molecule has 0 spiro atoms. The van der Waals surface area contributed by atoms with E-state index in [1.54, 1.807) is 36.2 Å². The molecule has 2 aromatic rings. The van der Waals surface area contributed by atoms with Gasteiger partial charge in [-0.1, -0.05) is 12.1 Å². The first-order valence-corrected chi connectivity index (χ1v) is 5.99. The van der Waals surface area contributed by atoms with Crippen LogP contribution < -0.4 is 4.90 Å². The van der Waals surface area contributed by atoms with E-state index in [-0.39, 0.29) is 17.5 Å². The minimum atomic E-state index is -0.383. The van der Waals surface area contributed by atoms with Gasteiger partial charge in [0.1, 0.15) is 11.6 Å². The number of hydrogen-bond donors (Lipinski definition) is 0. The van der Waals surface area contributed by atoms with E-state index in [9.17, 15) is 8.78 Å². The van der Waals surface area contributed by atoms with E-state index in [4.69, 9.17) is 11.6 Å². The number of nitrogens with zero attached hydrogens (tertiary/aromatic N) is 1. The van der Waals surface area contributed by atoms with E-state index in [0.717, 1.165) is 0 Å². The lowest BCUT2D eigenvalue weighted by molar-refractivity contribution is 0.622. The second-order valence-electron chi connectivity index (χ2n) is 3.96. The molecule has 0 saturated heterocycles. The van der Waals surface area contributed by atoms with Crippen LogP contribution in [0.15, 0.2) is 42.5 Å². The lowest BCUT2D eigenvalue weighted by Crippen LogP contribution is -2.11. The molecular formula is C14H12ClF2N. The van der Waals surface area contributed by atoms with E-state index < -0.39 is 0 Å². The zero-order chi connectivity index (χ0) is 13.1. The van der Waals surface area contributed by atoms with Crippen LogP contribution in [0, 0.1) is 11.6 Å². The van der Waals surface area contributed by atoms with E-state index >= 15 is 0 Å². The summed E-state index contributed by atoms with van der Waals surface area (Å²) in [6, 6.07) is 10.8. The molecule has 4 heteroatoms. The van der Waals surface area contributed by atoms with E-state index in [0.29, 0.717) is 16.9 Å². The number of rotatable bonds is 3. The molecule has 2 aromatic carbocycles. The minimum absolute atomic E-state index is 0.218. The van der Waals surface area contributed by atoms with Crippen molar-refractivity contribution >= 4 is 23.0 Å². The highest BCUT2D eigenvalue weighted by atomic mass is 35.5. The first-order chi connectivity index (χ1) is 8.61. The van der Waals surface area contributed by atoms with Gasteiger partial charge >= 0.3 is 0 Å². The second kappa shape index (κ2) is 5.36. The fourth-order valence-electron chi connectivity index (χ4n) is 1.77. The highest BCUT2D eigenvalue weighted by Crippen LogP contribution is 2.27. The van der Waals surface area contributed by atoms with Crippen LogP contribution in [0.4, 0.5) is 20.2 Å². The monoisotopic (exact) mass is 267 g/mol. The number of anilines is 2. The van der Waals surface area contributed by atoms with Crippen LogP contribution in [-0.2, 0) is 5.88 Å². The topological polar surface area (TPSA) is 3.24 Å². The maximum Gasteiger partial charge on any atom is 0.146 e. The average Bonchev–Trinajstić information content (AvgIpc) is 2.37. The van der Waals surface area contributed by atoms with E-state index in [1.165, 1.54) is 18.2 Å². The van der Waals surface area contributed by atoms with Crippen molar-refractivity contribution in [3.8, 4) is 0 Å². The molecule has 0 bridgehead atoms. The standard InChI is InChI=1S/C14H12ClF2N/c1-18(14-5-3-2-4-13(14)17)12-7-10(9-15)6-11(16)8-12/h2-8H,9H2,1H3. The first kappa shape index (κ1) is 12.8. The average molecular weight is 268 g/mol. The lowest BCUT2D eigenvalue weighted by Gasteiger charge is -2.20. The molecule has 0 aromatic heterocycles. The van der Waals surface area contributed by atoms with Crippen LogP contribution in [0.2, 0.25) is 0 Å². The molecule has 0 saturated carbocycles. The maximum atomic E-state index is 13.6. The van der Waals surface area contributed by atoms with Gasteiger partial charge in [0.05, 0.1) is 5.69 Å². The number of para-hydroxylation sites is 1. The summed E-state index contributed by atoms with van der Waals surface area (Å²) in [6.07, 6.45) is 0. The Morgan fingerprint density at radius 1 is 1.11 bits per heavy atom. The van der Waals surface area contributed by atoms with E-state index in [2.05, 4.69) is 0 Å². The molecule has 0 fully saturated rings. The van der Waals surface area contributed by atoms with Crippen molar-refractivity contribution < 1.29 is 8.78 Å². The molecule has 0 amide bonds. The molecule has 0 aliphatic heterocycles. The number of halogens is 3. The number of hydrogen-bond acceptors (Lipinski definition) is 1. The van der Waals surface area contributed by atoms with Crippen molar-refractivity contribution in [2.45, 2.75) is 5.88 Å². The summed E-state index contributed by atoms with van der Waals surface area (Å²) in [7, 11) is 1.69. The quantitative estimate of drug-likeness (QED) is 0.742. The Labute approximate surface area is 110 Å². The molecule has 0 heterocycles. The van der Waals surface area contributed by atoms with Crippen LogP contribution in [0.25, 0.3) is 0 Å². The summed E-state index contributed by atoms with van der Waals surface area (Å²) in [5, 5.41) is 0. The zero-order valence-electron chi connectivity index (χ0n) is 9.83. The Morgan fingerprint density at radius 2 is 1.83 bits per heavy atom. The fourth-order valence-corrected chi connectivity index (χ4v) is 1.92. The summed E-state index contributed by atoms with van der Waals surface area (Å²) < 4.78 is 27.1. The molecule has 0 N–H and O–H groups in total. The Bertz CT molecular complexity index is 557. The SMILES string of the molecule is CN(c1cc(F)cc(CCl)c1)c1ccccc1F. The van der Waals surface area contributed by atoms with Gasteiger partial charge in [0.15, 0.2) is 0 Å². The van der Waals surface area contributed by atoms with Gasteiger partial charge in [0.25, 0.3) is 0 Å². The Hall–Kier alpha value is -1.61. The van der Waals surface area contributed by atoms with Crippen molar-refractivity contribution in [3.63, 3.8) is 0 Å². The first-order valence-electron chi connectivity index (χ1n) is 5.45. The third kappa shape index (κ3) is 2.62. The number of alkyl halides is 1. The molecule has 2 rings (SSSR count). The van der Waals surface area contributed by atoms with Gasteiger partial charge in [-0.2, -0.15) is 0 Å². The van der Waals surface area contributed by atoms with Crippen LogP contribution in [0.1, 0.15) is 5.56 Å². The summed E-state index contributed by atoms with van der Waals surface area (Å²) >= 11 is 5.69. The highest BCUT2D eigenvalue weighted by molar-refractivity contribution is 6.17. The summed E-state index contributed by atoms with van der Waals surface area (Å²) in [6.45, 7) is 0. The molecule has 0 atom stereocenters. The van der Waals surface area contributed by atoms with Crippen LogP contribution in [0.3, 0.4) is 0 Å². The van der Waals surface area contributed by atoms with Gasteiger partial charge in [-0.25, -0.2) is 8.78 Å². The second-order valence-corrected chi connectivity index (χ2v) is 4.23. The molecule has 1 nitrogen and oxygen atoms in total. The van der Waals surface area contributed by atoms with Gasteiger partial charge in [0, 0.05) is 18.6 Å². The van der Waals surface area contributed by atoms with Crippen LogP contribution in [-0.4, -0.2) is 7.05 Å². The van der Waals surface area contributed by atoms with Crippen molar-refractivity contribution in [1.82, 2.24) is 0 Å². The molecule has 0 aliphatic rings. The molecule has 0 radical (unpaired) electrons. The third-order valence-corrected chi connectivity index (χ3v) is 3.01. The summed E-state index contributed by atoms with van der Waals surface area (Å²) in [4.78, 5) is 1.59. The minimum Gasteiger partial charge on any atom is -0.342 e. The Kier molecular flexibility index (Phi) is 3.82. The molecule has 0 unspecified atom stereocenters.